The number of benzene rings is 10. The minimum Gasteiger partial charge on any atom is -0.309 e. The first-order chi connectivity index (χ1) is 29.3. The van der Waals surface area contributed by atoms with Gasteiger partial charge in [-0.1, -0.05) is 164 Å². The summed E-state index contributed by atoms with van der Waals surface area (Å²) in [5.41, 5.74) is 11.7. The highest BCUT2D eigenvalue weighted by molar-refractivity contribution is 7.25. The highest BCUT2D eigenvalue weighted by atomic mass is 32.1. The summed E-state index contributed by atoms with van der Waals surface area (Å²) in [5, 5.41) is 9.94. The van der Waals surface area contributed by atoms with Crippen molar-refractivity contribution in [1.29, 1.82) is 0 Å². The average Bonchev–Trinajstić information content (AvgIpc) is 3.84. The van der Waals surface area contributed by atoms with Gasteiger partial charge >= 0.3 is 0 Å². The zero-order chi connectivity index (χ0) is 38.9. The molecule has 10 aromatic carbocycles. The molecule has 59 heavy (non-hydrogen) atoms. The Balaban J connectivity index is 1.08. The van der Waals surface area contributed by atoms with Crippen LogP contribution in [0, 0.1) is 0 Å². The SMILES string of the molecule is c1ccc(-c2ccccc2N(c2cccc3ccccc23)c2cccc3ccccc23)c(-c2ccc3c4ccccc4n(-c4ccc5sc6ccccc6c5c4)c3c2)c1. The van der Waals surface area contributed by atoms with Gasteiger partial charge in [0.15, 0.2) is 0 Å². The van der Waals surface area contributed by atoms with E-state index in [1.807, 2.05) is 11.3 Å². The Morgan fingerprint density at radius 3 is 1.63 bits per heavy atom. The van der Waals surface area contributed by atoms with Crippen molar-refractivity contribution in [3.63, 3.8) is 0 Å². The largest absolute Gasteiger partial charge is 0.309 e. The highest BCUT2D eigenvalue weighted by Crippen LogP contribution is 2.48. The van der Waals surface area contributed by atoms with Crippen molar-refractivity contribution in [3.8, 4) is 27.9 Å². The molecule has 0 aliphatic carbocycles. The number of anilines is 3. The maximum Gasteiger partial charge on any atom is 0.0547 e. The second-order valence-corrected chi connectivity index (χ2v) is 16.3. The molecule has 0 saturated heterocycles. The summed E-state index contributed by atoms with van der Waals surface area (Å²) >= 11 is 1.86. The third-order valence-electron chi connectivity index (χ3n) is 12.0. The molecule has 0 aliphatic rings. The van der Waals surface area contributed by atoms with Crippen LogP contribution in [0.3, 0.4) is 0 Å². The summed E-state index contributed by atoms with van der Waals surface area (Å²) < 4.78 is 5.09. The third-order valence-corrected chi connectivity index (χ3v) is 13.1. The number of rotatable bonds is 6. The van der Waals surface area contributed by atoms with Crippen LogP contribution in [0.4, 0.5) is 17.1 Å². The smallest absolute Gasteiger partial charge is 0.0547 e. The van der Waals surface area contributed by atoms with E-state index in [1.54, 1.807) is 0 Å². The summed E-state index contributed by atoms with van der Waals surface area (Å²) in [6.07, 6.45) is 0. The normalized spacial score (nSPS) is 11.7. The van der Waals surface area contributed by atoms with Gasteiger partial charge in [0, 0.05) is 53.0 Å². The van der Waals surface area contributed by atoms with Crippen LogP contribution in [0.15, 0.2) is 218 Å². The molecular weight excluding hydrogens is 733 g/mol. The molecule has 3 heteroatoms. The maximum atomic E-state index is 2.47. The van der Waals surface area contributed by atoms with E-state index >= 15 is 0 Å². The minimum absolute atomic E-state index is 1.12. The fourth-order valence-corrected chi connectivity index (χ4v) is 10.4. The lowest BCUT2D eigenvalue weighted by atomic mass is 9.92. The highest BCUT2D eigenvalue weighted by Gasteiger charge is 2.23. The summed E-state index contributed by atoms with van der Waals surface area (Å²) in [6.45, 7) is 0. The molecule has 2 heterocycles. The Hall–Kier alpha value is -7.46. The van der Waals surface area contributed by atoms with Crippen LogP contribution in [0.2, 0.25) is 0 Å². The maximum absolute atomic E-state index is 2.47. The predicted octanol–water partition coefficient (Wildman–Crippen LogP) is 16.3. The monoisotopic (exact) mass is 768 g/mol. The number of hydrogen-bond acceptors (Lipinski definition) is 2. The van der Waals surface area contributed by atoms with Crippen LogP contribution in [0.1, 0.15) is 0 Å². The van der Waals surface area contributed by atoms with Crippen LogP contribution in [-0.2, 0) is 0 Å². The van der Waals surface area contributed by atoms with E-state index in [0.717, 1.165) is 17.1 Å². The van der Waals surface area contributed by atoms with Crippen LogP contribution in [0.25, 0.3) is 91.5 Å². The van der Waals surface area contributed by atoms with Crippen molar-refractivity contribution < 1.29 is 0 Å². The fourth-order valence-electron chi connectivity index (χ4n) is 9.33. The second-order valence-electron chi connectivity index (χ2n) is 15.3. The first kappa shape index (κ1) is 33.7. The molecule has 12 rings (SSSR count). The standard InChI is InChI=1S/C56H36N2S/c1-3-20-42-37(15-1)17-13-28-50(42)58(51-29-14-18-38-16-2-4-21-43(38)51)53-27-11-7-23-45(53)44-22-6-5-19-41(44)39-31-33-47-46-24-8-10-26-52(46)57(54(47)35-39)40-32-34-56-49(36-40)48-25-9-12-30-55(48)59-56/h1-36H. The summed E-state index contributed by atoms with van der Waals surface area (Å²) in [7, 11) is 0. The molecule has 276 valence electrons. The van der Waals surface area contributed by atoms with E-state index in [1.165, 1.54) is 91.5 Å². The zero-order valence-electron chi connectivity index (χ0n) is 32.1. The van der Waals surface area contributed by atoms with Gasteiger partial charge in [-0.2, -0.15) is 0 Å². The van der Waals surface area contributed by atoms with E-state index in [0.29, 0.717) is 0 Å². The van der Waals surface area contributed by atoms with E-state index in [-0.39, 0.29) is 0 Å². The summed E-state index contributed by atoms with van der Waals surface area (Å²) in [5.74, 6) is 0. The van der Waals surface area contributed by atoms with Gasteiger partial charge in [0.05, 0.1) is 28.1 Å². The molecule has 0 aliphatic heterocycles. The predicted molar refractivity (Wildman–Crippen MR) is 254 cm³/mol. The van der Waals surface area contributed by atoms with E-state index in [4.69, 9.17) is 0 Å². The van der Waals surface area contributed by atoms with Gasteiger partial charge < -0.3 is 9.47 Å². The van der Waals surface area contributed by atoms with Gasteiger partial charge in [0.1, 0.15) is 0 Å². The molecule has 0 unspecified atom stereocenters. The van der Waals surface area contributed by atoms with Crippen molar-refractivity contribution in [2.24, 2.45) is 0 Å². The van der Waals surface area contributed by atoms with E-state index in [2.05, 4.69) is 228 Å². The van der Waals surface area contributed by atoms with Crippen LogP contribution >= 0.6 is 11.3 Å². The number of para-hydroxylation sites is 2. The molecule has 12 aromatic rings. The zero-order valence-corrected chi connectivity index (χ0v) is 32.9. The summed E-state index contributed by atoms with van der Waals surface area (Å²) in [4.78, 5) is 2.47. The van der Waals surface area contributed by atoms with E-state index < -0.39 is 0 Å². The fraction of sp³-hybridized carbons (Fsp3) is 0. The molecule has 0 N–H and O–H groups in total. The van der Waals surface area contributed by atoms with Crippen LogP contribution < -0.4 is 4.90 Å². The number of nitrogens with zero attached hydrogens (tertiary/aromatic N) is 2. The Morgan fingerprint density at radius 1 is 0.322 bits per heavy atom. The lowest BCUT2D eigenvalue weighted by Crippen LogP contribution is -2.12. The number of fused-ring (bicyclic) bond motifs is 8. The Bertz CT molecular complexity index is 3500. The van der Waals surface area contributed by atoms with Gasteiger partial charge in [0.2, 0.25) is 0 Å². The number of aromatic nitrogens is 1. The van der Waals surface area contributed by atoms with Crippen molar-refractivity contribution >= 4 is 91.9 Å². The molecule has 0 saturated carbocycles. The van der Waals surface area contributed by atoms with E-state index in [9.17, 15) is 0 Å². The molecule has 2 nitrogen and oxygen atoms in total. The Kier molecular flexibility index (Phi) is 7.75. The van der Waals surface area contributed by atoms with Crippen LogP contribution in [0.5, 0.6) is 0 Å². The van der Waals surface area contributed by atoms with Gasteiger partial charge in [-0.15, -0.1) is 11.3 Å². The molecular formula is C56H36N2S. The lowest BCUT2D eigenvalue weighted by molar-refractivity contribution is 1.19. The molecule has 2 aromatic heterocycles. The molecule has 0 atom stereocenters. The number of thiophene rings is 1. The topological polar surface area (TPSA) is 8.17 Å². The molecule has 0 bridgehead atoms. The van der Waals surface area contributed by atoms with Crippen molar-refractivity contribution in [1.82, 2.24) is 4.57 Å². The van der Waals surface area contributed by atoms with Gasteiger partial charge in [-0.3, -0.25) is 0 Å². The molecule has 0 radical (unpaired) electrons. The molecule has 0 fully saturated rings. The van der Waals surface area contributed by atoms with Gasteiger partial charge in [-0.05, 0) is 82.1 Å². The first-order valence-corrected chi connectivity index (χ1v) is 21.0. The number of hydrogen-bond donors (Lipinski definition) is 0. The second kappa shape index (κ2) is 13.6. The molecule has 0 spiro atoms. The third kappa shape index (κ3) is 5.40. The lowest BCUT2D eigenvalue weighted by Gasteiger charge is -2.30. The average molecular weight is 769 g/mol. The Morgan fingerprint density at radius 2 is 0.864 bits per heavy atom. The van der Waals surface area contributed by atoms with Crippen molar-refractivity contribution in [2.75, 3.05) is 4.90 Å². The van der Waals surface area contributed by atoms with Crippen molar-refractivity contribution in [3.05, 3.63) is 218 Å². The van der Waals surface area contributed by atoms with Gasteiger partial charge in [0.25, 0.3) is 0 Å². The molecule has 0 amide bonds. The Labute approximate surface area is 346 Å². The van der Waals surface area contributed by atoms with Gasteiger partial charge in [-0.25, -0.2) is 0 Å². The van der Waals surface area contributed by atoms with Crippen molar-refractivity contribution in [2.45, 2.75) is 0 Å². The van der Waals surface area contributed by atoms with Crippen LogP contribution in [-0.4, -0.2) is 4.57 Å². The first-order valence-electron chi connectivity index (χ1n) is 20.2. The quantitative estimate of drug-likeness (QED) is 0.164. The summed E-state index contributed by atoms with van der Waals surface area (Å²) in [6, 6.07) is 80.1. The minimum atomic E-state index is 1.12.